The van der Waals surface area contributed by atoms with Crippen LogP contribution in [0.25, 0.3) is 22.3 Å². The number of fused-ring (bicyclic) bond motifs is 1. The average Bonchev–Trinajstić information content (AvgIpc) is 2.92. The fourth-order valence-electron chi connectivity index (χ4n) is 4.78. The van der Waals surface area contributed by atoms with Crippen molar-refractivity contribution >= 4 is 22.9 Å². The van der Waals surface area contributed by atoms with Gasteiger partial charge in [-0.1, -0.05) is 30.3 Å². The molecule has 3 aromatic rings. The average molecular weight is 589 g/mol. The summed E-state index contributed by atoms with van der Waals surface area (Å²) in [5.74, 6) is -2.53. The van der Waals surface area contributed by atoms with Crippen LogP contribution in [0.1, 0.15) is 30.9 Å². The first-order valence-corrected chi connectivity index (χ1v) is 13.0. The second-order valence-corrected chi connectivity index (χ2v) is 10.5. The Balaban J connectivity index is 1.60. The molecule has 0 aliphatic carbocycles. The number of carbonyl (C=O) groups is 2. The molecule has 1 aliphatic rings. The molecule has 1 aliphatic heterocycles. The largest absolute Gasteiger partial charge is 0.507 e. The number of aliphatic carboxylic acids is 1. The zero-order chi connectivity index (χ0) is 30.9. The Morgan fingerprint density at radius 1 is 1.00 bits per heavy atom. The van der Waals surface area contributed by atoms with Crippen molar-refractivity contribution in [1.29, 1.82) is 0 Å². The molecule has 1 aromatic heterocycles. The first kappa shape index (κ1) is 30.9. The molecule has 0 bridgehead atoms. The van der Waals surface area contributed by atoms with Crippen molar-refractivity contribution in [3.63, 3.8) is 0 Å². The number of ether oxygens (including phenoxy) is 3. The van der Waals surface area contributed by atoms with E-state index < -0.39 is 78.9 Å². The first-order valence-electron chi connectivity index (χ1n) is 13.0. The minimum Gasteiger partial charge on any atom is -0.507 e. The molecule has 0 amide bonds. The number of phenolic OH excluding ortho intramolecular Hbond substituents is 1. The Morgan fingerprint density at radius 2 is 1.67 bits per heavy atom. The van der Waals surface area contributed by atoms with Gasteiger partial charge in [-0.05, 0) is 20.8 Å². The van der Waals surface area contributed by atoms with Gasteiger partial charge in [0.05, 0.1) is 18.4 Å². The molecule has 0 spiro atoms. The van der Waals surface area contributed by atoms with Crippen molar-refractivity contribution in [3.8, 4) is 22.8 Å². The highest BCUT2D eigenvalue weighted by molar-refractivity contribution is 5.90. The van der Waals surface area contributed by atoms with Gasteiger partial charge in [0.2, 0.25) is 6.29 Å². The normalized spacial score (nSPS) is 23.7. The maximum Gasteiger partial charge on any atom is 0.308 e. The van der Waals surface area contributed by atoms with E-state index >= 15 is 0 Å². The molecule has 226 valence electrons. The van der Waals surface area contributed by atoms with E-state index in [2.05, 4.69) is 0 Å². The third kappa shape index (κ3) is 6.40. The number of esters is 1. The summed E-state index contributed by atoms with van der Waals surface area (Å²) >= 11 is 0. The molecule has 13 nitrogen and oxygen atoms in total. The highest BCUT2D eigenvalue weighted by Gasteiger charge is 2.46. The molecule has 13 heteroatoms. The standard InChI is InChI=1S/C29H32O13/c1-13-22(34)21-16(30)9-17(15-7-5-4-6-8-15)40-27(21)14(2)26(13)42-28-25(37)24(36)23(35)18(41-28)12-39-20(33)11-29(3,38)10-19(31)32/h4-9,18,23-25,28,34-38H,10-12H2,1-3H3,(H,31,32)/t18?,23-,24+,25?,28+,29?/m1/s1. The molecule has 42 heavy (non-hydrogen) atoms. The van der Waals surface area contributed by atoms with Gasteiger partial charge in [-0.25, -0.2) is 0 Å². The zero-order valence-corrected chi connectivity index (χ0v) is 23.0. The van der Waals surface area contributed by atoms with Crippen LogP contribution in [0.4, 0.5) is 0 Å². The smallest absolute Gasteiger partial charge is 0.308 e. The molecule has 0 saturated carbocycles. The second kappa shape index (κ2) is 12.1. The monoisotopic (exact) mass is 588 g/mol. The van der Waals surface area contributed by atoms with Gasteiger partial charge in [0.1, 0.15) is 59.3 Å². The summed E-state index contributed by atoms with van der Waals surface area (Å²) in [6, 6.07) is 10.1. The number of aromatic hydroxyl groups is 1. The van der Waals surface area contributed by atoms with Gasteiger partial charge in [-0.15, -0.1) is 0 Å². The lowest BCUT2D eigenvalue weighted by Crippen LogP contribution is -2.60. The van der Waals surface area contributed by atoms with Crippen LogP contribution in [0.5, 0.6) is 11.5 Å². The quantitative estimate of drug-likeness (QED) is 0.194. The van der Waals surface area contributed by atoms with Crippen LogP contribution in [0.15, 0.2) is 45.6 Å². The van der Waals surface area contributed by atoms with Crippen LogP contribution in [0.3, 0.4) is 0 Å². The third-order valence-corrected chi connectivity index (χ3v) is 6.99. The van der Waals surface area contributed by atoms with E-state index in [-0.39, 0.29) is 33.6 Å². The molecular weight excluding hydrogens is 556 g/mol. The molecule has 6 atom stereocenters. The highest BCUT2D eigenvalue weighted by atomic mass is 16.7. The topological polar surface area (TPSA) is 213 Å². The zero-order valence-electron chi connectivity index (χ0n) is 23.0. The van der Waals surface area contributed by atoms with Crippen LogP contribution in [0, 0.1) is 13.8 Å². The third-order valence-electron chi connectivity index (χ3n) is 6.99. The molecule has 2 heterocycles. The molecule has 1 saturated heterocycles. The number of hydrogen-bond donors (Lipinski definition) is 6. The van der Waals surface area contributed by atoms with Gasteiger partial charge >= 0.3 is 11.9 Å². The SMILES string of the molecule is Cc1c(O[C@@H]2OC(COC(=O)CC(C)(O)CC(=O)O)[C@@H](O)[C@H](O)C2O)c(C)c2oc(-c3ccccc3)cc(=O)c2c1O. The van der Waals surface area contributed by atoms with Crippen molar-refractivity contribution in [1.82, 2.24) is 0 Å². The summed E-state index contributed by atoms with van der Waals surface area (Å²) in [5, 5.41) is 61.2. The number of benzene rings is 2. The Bertz CT molecular complexity index is 1530. The lowest BCUT2D eigenvalue weighted by Gasteiger charge is -2.40. The Morgan fingerprint density at radius 3 is 2.31 bits per heavy atom. The van der Waals surface area contributed by atoms with E-state index in [0.717, 1.165) is 6.92 Å². The van der Waals surface area contributed by atoms with Crippen molar-refractivity contribution < 1.29 is 58.9 Å². The highest BCUT2D eigenvalue weighted by Crippen LogP contribution is 2.40. The summed E-state index contributed by atoms with van der Waals surface area (Å²) in [6.07, 6.45) is -9.73. The molecule has 6 N–H and O–H groups in total. The minimum atomic E-state index is -1.89. The number of carboxylic acid groups (broad SMARTS) is 1. The van der Waals surface area contributed by atoms with Crippen LogP contribution >= 0.6 is 0 Å². The van der Waals surface area contributed by atoms with Crippen molar-refractivity contribution in [2.24, 2.45) is 0 Å². The second-order valence-electron chi connectivity index (χ2n) is 10.5. The summed E-state index contributed by atoms with van der Waals surface area (Å²) in [7, 11) is 0. The molecule has 0 radical (unpaired) electrons. The van der Waals surface area contributed by atoms with E-state index in [4.69, 9.17) is 23.7 Å². The van der Waals surface area contributed by atoms with Gasteiger partial charge in [0, 0.05) is 22.8 Å². The van der Waals surface area contributed by atoms with Crippen LogP contribution < -0.4 is 10.2 Å². The maximum absolute atomic E-state index is 13.0. The Hall–Kier alpha value is -4.01. The van der Waals surface area contributed by atoms with Crippen molar-refractivity contribution in [2.45, 2.75) is 69.9 Å². The van der Waals surface area contributed by atoms with Crippen LogP contribution in [0.2, 0.25) is 0 Å². The van der Waals surface area contributed by atoms with Gasteiger partial charge in [-0.3, -0.25) is 14.4 Å². The van der Waals surface area contributed by atoms with Gasteiger partial charge < -0.3 is 49.3 Å². The first-order chi connectivity index (χ1) is 19.7. The Labute approximate surface area is 239 Å². The maximum atomic E-state index is 13.0. The molecule has 1 fully saturated rings. The van der Waals surface area contributed by atoms with Crippen LogP contribution in [-0.4, -0.2) is 85.5 Å². The fourth-order valence-corrected chi connectivity index (χ4v) is 4.78. The molecular formula is C29H32O13. The van der Waals surface area contributed by atoms with E-state index in [9.17, 15) is 39.9 Å². The number of hydrogen-bond acceptors (Lipinski definition) is 12. The van der Waals surface area contributed by atoms with Gasteiger partial charge in [-0.2, -0.15) is 0 Å². The lowest BCUT2D eigenvalue weighted by atomic mass is 9.98. The Kier molecular flexibility index (Phi) is 8.89. The number of phenols is 1. The predicted octanol–water partition coefficient (Wildman–Crippen LogP) is 1.13. The molecule has 4 rings (SSSR count). The van der Waals surface area contributed by atoms with Gasteiger partial charge in [0.25, 0.3) is 0 Å². The summed E-state index contributed by atoms with van der Waals surface area (Å²) in [6.45, 7) is 3.53. The minimum absolute atomic E-state index is 0.0178. The number of aliphatic hydroxyl groups excluding tert-OH is 3. The predicted molar refractivity (Wildman–Crippen MR) is 145 cm³/mol. The lowest BCUT2D eigenvalue weighted by molar-refractivity contribution is -0.278. The summed E-state index contributed by atoms with van der Waals surface area (Å²) in [5.41, 5.74) is -1.37. The van der Waals surface area contributed by atoms with Gasteiger partial charge in [0.15, 0.2) is 5.43 Å². The summed E-state index contributed by atoms with van der Waals surface area (Å²) < 4.78 is 22.5. The van der Waals surface area contributed by atoms with E-state index in [1.807, 2.05) is 0 Å². The number of rotatable bonds is 9. The van der Waals surface area contributed by atoms with Crippen LogP contribution in [-0.2, 0) is 19.1 Å². The molecule has 2 aromatic carbocycles. The van der Waals surface area contributed by atoms with Crippen molar-refractivity contribution in [3.05, 3.63) is 57.7 Å². The number of aliphatic hydroxyl groups is 4. The summed E-state index contributed by atoms with van der Waals surface area (Å²) in [4.78, 5) is 36.0. The number of aryl methyl sites for hydroxylation is 1. The number of carboxylic acids is 1. The number of carbonyl (C=O) groups excluding carboxylic acids is 1. The fraction of sp³-hybridized carbons (Fsp3) is 0.414. The van der Waals surface area contributed by atoms with Crippen molar-refractivity contribution in [2.75, 3.05) is 6.61 Å². The van der Waals surface area contributed by atoms with E-state index in [0.29, 0.717) is 5.56 Å². The van der Waals surface area contributed by atoms with E-state index in [1.54, 1.807) is 37.3 Å². The van der Waals surface area contributed by atoms with E-state index in [1.165, 1.54) is 13.0 Å². The molecule has 3 unspecified atom stereocenters.